The zero-order valence-electron chi connectivity index (χ0n) is 5.72. The van der Waals surface area contributed by atoms with Crippen molar-refractivity contribution in [3.05, 3.63) is 0 Å². The second-order valence-electron chi connectivity index (χ2n) is 1.87. The summed E-state index contributed by atoms with van der Waals surface area (Å²) in [6.45, 7) is 2.11. The van der Waals surface area contributed by atoms with Crippen LogP contribution >= 0.6 is 0 Å². The van der Waals surface area contributed by atoms with Crippen LogP contribution in [0.5, 0.6) is 0 Å². The highest BCUT2D eigenvalue weighted by molar-refractivity contribution is 6.30. The van der Waals surface area contributed by atoms with Crippen molar-refractivity contribution in [3.63, 3.8) is 0 Å². The zero-order valence-corrected chi connectivity index (χ0v) is 7.14. The third-order valence-electron chi connectivity index (χ3n) is 0.992. The molecule has 2 N–H and O–H groups in total. The van der Waals surface area contributed by atoms with Gasteiger partial charge in [0.2, 0.25) is 9.76 Å². The maximum absolute atomic E-state index is 10.00. The normalized spacial score (nSPS) is 10.3. The smallest absolute Gasteiger partial charge is 0.390 e. The van der Waals surface area contributed by atoms with Crippen LogP contribution in [0, 0.1) is 0 Å². The molecule has 0 aliphatic rings. The molecule has 0 saturated carbocycles. The predicted octanol–water partition coefficient (Wildman–Crippen LogP) is 0.384. The summed E-state index contributed by atoms with van der Waals surface area (Å²) >= 11 is 0. The molecule has 0 aromatic heterocycles. The van der Waals surface area contributed by atoms with Gasteiger partial charge in [-0.1, -0.05) is 19.8 Å². The Morgan fingerprint density at radius 1 is 1.78 bits per heavy atom. The van der Waals surface area contributed by atoms with Gasteiger partial charge in [0, 0.05) is 0 Å². The van der Waals surface area contributed by atoms with Gasteiger partial charge in [-0.3, -0.25) is 0 Å². The van der Waals surface area contributed by atoms with Crippen LogP contribution in [0.1, 0.15) is 19.8 Å². The Kier molecular flexibility index (Phi) is 5.30. The lowest BCUT2D eigenvalue weighted by molar-refractivity contribution is 0.213. The summed E-state index contributed by atoms with van der Waals surface area (Å²) in [5, 5.41) is 0. The predicted molar refractivity (Wildman–Crippen MR) is 38.9 cm³/mol. The molecule has 0 unspecified atom stereocenters. The van der Waals surface area contributed by atoms with E-state index < -0.39 is 15.9 Å². The summed E-state index contributed by atoms with van der Waals surface area (Å²) in [4.78, 5) is 10.00. The van der Waals surface area contributed by atoms with E-state index in [-0.39, 0.29) is 0 Å². The summed E-state index contributed by atoms with van der Waals surface area (Å²) in [6, 6.07) is 1.06. The zero-order chi connectivity index (χ0) is 7.11. The lowest BCUT2D eigenvalue weighted by Crippen LogP contribution is -2.15. The fourth-order valence-corrected chi connectivity index (χ4v) is 1.57. The molecule has 54 valence electrons. The average Bonchev–Trinajstić information content (AvgIpc) is 1.80. The van der Waals surface area contributed by atoms with Crippen LogP contribution in [0.3, 0.4) is 0 Å². The van der Waals surface area contributed by atoms with Crippen LogP contribution in [-0.2, 0) is 4.43 Å². The standard InChI is InChI=1S/C5H13NO2Si/c1-2-3-4-9-8-5(6)7/h2-4,9H2,1H3,(H2,6,7). The molecule has 0 aliphatic carbocycles. The molecule has 0 atom stereocenters. The highest BCUT2D eigenvalue weighted by Crippen LogP contribution is 1.92. The van der Waals surface area contributed by atoms with Crippen molar-refractivity contribution in [1.82, 2.24) is 0 Å². The van der Waals surface area contributed by atoms with Crippen LogP contribution in [0.4, 0.5) is 4.79 Å². The average molecular weight is 147 g/mol. The minimum Gasteiger partial charge on any atom is -0.510 e. The van der Waals surface area contributed by atoms with Gasteiger partial charge in [-0.2, -0.15) is 0 Å². The first kappa shape index (κ1) is 8.49. The summed E-state index contributed by atoms with van der Waals surface area (Å²) in [7, 11) is -0.622. The summed E-state index contributed by atoms with van der Waals surface area (Å²) < 4.78 is 4.62. The van der Waals surface area contributed by atoms with Gasteiger partial charge < -0.3 is 10.2 Å². The Labute approximate surface area is 57.5 Å². The van der Waals surface area contributed by atoms with E-state index in [0.717, 1.165) is 18.9 Å². The topological polar surface area (TPSA) is 52.3 Å². The molecule has 1 amide bonds. The van der Waals surface area contributed by atoms with Gasteiger partial charge in [0.25, 0.3) is 0 Å². The van der Waals surface area contributed by atoms with E-state index in [1.54, 1.807) is 0 Å². The molecule has 0 heterocycles. The largest absolute Gasteiger partial charge is 0.510 e. The minimum atomic E-state index is -0.622. The molecule has 0 saturated heterocycles. The van der Waals surface area contributed by atoms with Gasteiger partial charge in [-0.15, -0.1) is 0 Å². The van der Waals surface area contributed by atoms with E-state index in [9.17, 15) is 4.79 Å². The molecule has 0 bridgehead atoms. The van der Waals surface area contributed by atoms with E-state index >= 15 is 0 Å². The maximum atomic E-state index is 10.00. The van der Waals surface area contributed by atoms with Gasteiger partial charge in [-0.25, -0.2) is 4.79 Å². The van der Waals surface area contributed by atoms with Crippen molar-refractivity contribution >= 4 is 15.9 Å². The monoisotopic (exact) mass is 147 g/mol. The van der Waals surface area contributed by atoms with Crippen molar-refractivity contribution in [2.45, 2.75) is 25.8 Å². The van der Waals surface area contributed by atoms with Crippen LogP contribution in [0.2, 0.25) is 6.04 Å². The molecule has 4 heteroatoms. The van der Waals surface area contributed by atoms with E-state index in [1.165, 1.54) is 0 Å². The first-order chi connectivity index (χ1) is 4.27. The summed E-state index contributed by atoms with van der Waals surface area (Å²) in [5.41, 5.74) is 4.75. The SMILES string of the molecule is CCCC[SiH2]OC(N)=O. The Morgan fingerprint density at radius 3 is 2.89 bits per heavy atom. The number of hydrogen-bond acceptors (Lipinski definition) is 2. The molecule has 0 radical (unpaired) electrons. The molecular formula is C5H13NO2Si. The van der Waals surface area contributed by atoms with Crippen LogP contribution in [0.25, 0.3) is 0 Å². The van der Waals surface area contributed by atoms with Crippen molar-refractivity contribution < 1.29 is 9.22 Å². The number of carbonyl (C=O) groups is 1. The van der Waals surface area contributed by atoms with Gasteiger partial charge in [0.05, 0.1) is 0 Å². The number of nitrogens with two attached hydrogens (primary N) is 1. The van der Waals surface area contributed by atoms with E-state index in [0.29, 0.717) is 0 Å². The number of hydrogen-bond donors (Lipinski definition) is 1. The van der Waals surface area contributed by atoms with Crippen molar-refractivity contribution in [3.8, 4) is 0 Å². The fourth-order valence-electron chi connectivity index (χ4n) is 0.525. The molecule has 0 aromatic carbocycles. The lowest BCUT2D eigenvalue weighted by Gasteiger charge is -1.97. The Bertz CT molecular complexity index is 87.0. The fraction of sp³-hybridized carbons (Fsp3) is 0.800. The maximum Gasteiger partial charge on any atom is 0.390 e. The van der Waals surface area contributed by atoms with E-state index in [1.807, 2.05) is 0 Å². The summed E-state index contributed by atoms with van der Waals surface area (Å²) in [5.74, 6) is 0. The molecule has 3 nitrogen and oxygen atoms in total. The van der Waals surface area contributed by atoms with Gasteiger partial charge in [0.15, 0.2) is 0 Å². The van der Waals surface area contributed by atoms with Gasteiger partial charge >= 0.3 is 6.09 Å². The second-order valence-corrected chi connectivity index (χ2v) is 3.28. The van der Waals surface area contributed by atoms with Crippen LogP contribution < -0.4 is 5.73 Å². The van der Waals surface area contributed by atoms with Crippen molar-refractivity contribution in [1.29, 1.82) is 0 Å². The van der Waals surface area contributed by atoms with E-state index in [4.69, 9.17) is 5.73 Å². The Balaban J connectivity index is 2.83. The van der Waals surface area contributed by atoms with Crippen LogP contribution in [0.15, 0.2) is 0 Å². The highest BCUT2D eigenvalue weighted by atomic mass is 28.2. The molecule has 0 spiro atoms. The molecule has 0 aliphatic heterocycles. The van der Waals surface area contributed by atoms with Crippen molar-refractivity contribution in [2.75, 3.05) is 0 Å². The first-order valence-electron chi connectivity index (χ1n) is 3.19. The van der Waals surface area contributed by atoms with Crippen molar-refractivity contribution in [2.24, 2.45) is 5.73 Å². The second kappa shape index (κ2) is 5.62. The number of primary amides is 1. The first-order valence-corrected chi connectivity index (χ1v) is 4.77. The third-order valence-corrected chi connectivity index (χ3v) is 2.27. The van der Waals surface area contributed by atoms with E-state index in [2.05, 4.69) is 11.3 Å². The van der Waals surface area contributed by atoms with Gasteiger partial charge in [-0.05, 0) is 6.04 Å². The Hall–Kier alpha value is -0.513. The molecule has 9 heavy (non-hydrogen) atoms. The number of rotatable bonds is 4. The Morgan fingerprint density at radius 2 is 2.44 bits per heavy atom. The van der Waals surface area contributed by atoms with Gasteiger partial charge in [0.1, 0.15) is 0 Å². The highest BCUT2D eigenvalue weighted by Gasteiger charge is 1.91. The molecular weight excluding hydrogens is 134 g/mol. The molecule has 0 fully saturated rings. The lowest BCUT2D eigenvalue weighted by atomic mass is 10.4. The number of amides is 1. The molecule has 0 aromatic rings. The van der Waals surface area contributed by atoms with Crippen LogP contribution in [-0.4, -0.2) is 15.9 Å². The quantitative estimate of drug-likeness (QED) is 0.462. The third kappa shape index (κ3) is 7.49. The number of unbranched alkanes of at least 4 members (excludes halogenated alkanes) is 1. The number of carbonyl (C=O) groups excluding carboxylic acids is 1. The molecule has 0 rings (SSSR count). The minimum absolute atomic E-state index is 0.613. The summed E-state index contributed by atoms with van der Waals surface area (Å²) in [6.07, 6.45) is 1.70.